The van der Waals surface area contributed by atoms with E-state index in [9.17, 15) is 13.2 Å². The molecule has 2 aromatic carbocycles. The number of benzene rings is 2. The third kappa shape index (κ3) is 4.59. The number of rotatable bonds is 5. The zero-order valence-corrected chi connectivity index (χ0v) is 22.1. The normalized spacial score (nSPS) is 12.8. The van der Waals surface area contributed by atoms with E-state index in [0.29, 0.717) is 27.9 Å². The molecular formula is C26H24ClN5O4S. The van der Waals surface area contributed by atoms with Crippen LogP contribution in [0.4, 0.5) is 5.69 Å². The van der Waals surface area contributed by atoms with Crippen LogP contribution in [0.15, 0.2) is 62.9 Å². The summed E-state index contributed by atoms with van der Waals surface area (Å²) >= 11 is 5.91. The number of pyridine rings is 1. The van der Waals surface area contributed by atoms with Crippen LogP contribution in [0, 0.1) is 13.8 Å². The van der Waals surface area contributed by atoms with Crippen molar-refractivity contribution >= 4 is 49.2 Å². The van der Waals surface area contributed by atoms with Gasteiger partial charge in [-0.25, -0.2) is 18.5 Å². The van der Waals surface area contributed by atoms with Crippen molar-refractivity contribution in [3.8, 4) is 11.3 Å². The molecule has 0 saturated heterocycles. The highest BCUT2D eigenvalue weighted by atomic mass is 35.5. The van der Waals surface area contributed by atoms with Gasteiger partial charge in [0.25, 0.3) is 10.0 Å². The van der Waals surface area contributed by atoms with E-state index in [1.165, 1.54) is 12.1 Å². The maximum Gasteiger partial charge on any atom is 0.257 e. The summed E-state index contributed by atoms with van der Waals surface area (Å²) in [5.41, 5.74) is 4.06. The SMILES string of the molecule is Cc1cc(C(C)Nc2ccc(Cl)nc2S(N)(=O)=O)c2oc(-c3ccc4nn(C)cc4c3)c(C)c(=O)c2c1. The summed E-state index contributed by atoms with van der Waals surface area (Å²) in [7, 11) is -2.30. The van der Waals surface area contributed by atoms with Crippen molar-refractivity contribution in [2.75, 3.05) is 5.32 Å². The number of nitrogens with two attached hydrogens (primary N) is 1. The molecule has 0 spiro atoms. The van der Waals surface area contributed by atoms with Gasteiger partial charge in [-0.1, -0.05) is 17.7 Å². The van der Waals surface area contributed by atoms with E-state index in [0.717, 1.165) is 22.0 Å². The van der Waals surface area contributed by atoms with Crippen LogP contribution in [0.2, 0.25) is 5.15 Å². The fourth-order valence-corrected chi connectivity index (χ4v) is 5.37. The fourth-order valence-electron chi connectivity index (χ4n) is 4.51. The van der Waals surface area contributed by atoms with E-state index < -0.39 is 16.1 Å². The van der Waals surface area contributed by atoms with E-state index in [1.54, 1.807) is 17.7 Å². The molecule has 5 aromatic rings. The Morgan fingerprint density at radius 2 is 1.89 bits per heavy atom. The largest absolute Gasteiger partial charge is 0.455 e. The van der Waals surface area contributed by atoms with Gasteiger partial charge < -0.3 is 9.73 Å². The number of halogens is 1. The number of aromatic nitrogens is 3. The lowest BCUT2D eigenvalue weighted by molar-refractivity contribution is 0.594. The molecule has 0 amide bonds. The van der Waals surface area contributed by atoms with Gasteiger partial charge in [-0.15, -0.1) is 0 Å². The molecule has 190 valence electrons. The summed E-state index contributed by atoms with van der Waals surface area (Å²) in [6.07, 6.45) is 1.90. The second-order valence-electron chi connectivity index (χ2n) is 9.09. The van der Waals surface area contributed by atoms with Gasteiger partial charge in [-0.3, -0.25) is 9.48 Å². The number of primary sulfonamides is 1. The maximum atomic E-state index is 13.5. The van der Waals surface area contributed by atoms with Gasteiger partial charge in [0, 0.05) is 35.3 Å². The molecule has 0 aliphatic carbocycles. The minimum absolute atomic E-state index is 0.0000628. The van der Waals surface area contributed by atoms with Crippen LogP contribution in [0.25, 0.3) is 33.2 Å². The van der Waals surface area contributed by atoms with Crippen molar-refractivity contribution in [1.82, 2.24) is 14.8 Å². The molecule has 9 nitrogen and oxygen atoms in total. The van der Waals surface area contributed by atoms with Crippen LogP contribution in [-0.2, 0) is 17.1 Å². The van der Waals surface area contributed by atoms with Crippen LogP contribution >= 0.6 is 11.6 Å². The van der Waals surface area contributed by atoms with Crippen molar-refractivity contribution in [3.05, 3.63) is 80.7 Å². The van der Waals surface area contributed by atoms with Crippen LogP contribution < -0.4 is 15.9 Å². The van der Waals surface area contributed by atoms with E-state index >= 15 is 0 Å². The highest BCUT2D eigenvalue weighted by Gasteiger charge is 2.22. The van der Waals surface area contributed by atoms with Crippen molar-refractivity contribution in [2.24, 2.45) is 12.2 Å². The molecule has 3 heterocycles. The standard InChI is InChI=1S/C26H24ClN5O4S/c1-13-9-18(15(3)29-21-7-8-22(27)30-26(21)37(28,34)35)25-19(10-13)23(33)14(2)24(36-25)16-5-6-20-17(11-16)12-32(4)31-20/h5-12,15,29H,1-4H3,(H2,28,34,35). The molecule has 5 rings (SSSR count). The molecule has 3 N–H and O–H groups in total. The Morgan fingerprint density at radius 1 is 1.14 bits per heavy atom. The molecular weight excluding hydrogens is 514 g/mol. The Bertz CT molecular complexity index is 1880. The summed E-state index contributed by atoms with van der Waals surface area (Å²) in [6.45, 7) is 5.46. The van der Waals surface area contributed by atoms with Gasteiger partial charge in [-0.2, -0.15) is 5.10 Å². The van der Waals surface area contributed by atoms with Crippen molar-refractivity contribution in [2.45, 2.75) is 31.8 Å². The molecule has 1 unspecified atom stereocenters. The number of anilines is 1. The summed E-state index contributed by atoms with van der Waals surface area (Å²) < 4.78 is 32.4. The molecule has 0 bridgehead atoms. The smallest absolute Gasteiger partial charge is 0.257 e. The number of nitrogens with zero attached hydrogens (tertiary/aromatic N) is 3. The fraction of sp³-hybridized carbons (Fsp3) is 0.192. The molecule has 0 radical (unpaired) electrons. The molecule has 0 fully saturated rings. The highest BCUT2D eigenvalue weighted by molar-refractivity contribution is 7.89. The molecule has 0 aliphatic rings. The van der Waals surface area contributed by atoms with Crippen molar-refractivity contribution in [1.29, 1.82) is 0 Å². The van der Waals surface area contributed by atoms with Gasteiger partial charge in [0.15, 0.2) is 10.5 Å². The van der Waals surface area contributed by atoms with Gasteiger partial charge >= 0.3 is 0 Å². The monoisotopic (exact) mass is 537 g/mol. The van der Waals surface area contributed by atoms with Crippen LogP contribution in [0.5, 0.6) is 0 Å². The van der Waals surface area contributed by atoms with Crippen molar-refractivity contribution < 1.29 is 12.8 Å². The Morgan fingerprint density at radius 3 is 2.62 bits per heavy atom. The van der Waals surface area contributed by atoms with Gasteiger partial charge in [-0.05, 0) is 62.7 Å². The Labute approximate surface area is 217 Å². The minimum Gasteiger partial charge on any atom is -0.455 e. The lowest BCUT2D eigenvalue weighted by atomic mass is 9.98. The van der Waals surface area contributed by atoms with E-state index in [2.05, 4.69) is 15.4 Å². The number of hydrogen-bond donors (Lipinski definition) is 2. The topological polar surface area (TPSA) is 133 Å². The lowest BCUT2D eigenvalue weighted by Crippen LogP contribution is -2.18. The summed E-state index contributed by atoms with van der Waals surface area (Å²) in [5.74, 6) is 0.457. The molecule has 3 aromatic heterocycles. The molecule has 11 heteroatoms. The number of aryl methyl sites for hydroxylation is 2. The van der Waals surface area contributed by atoms with Crippen molar-refractivity contribution in [3.63, 3.8) is 0 Å². The lowest BCUT2D eigenvalue weighted by Gasteiger charge is -2.20. The number of sulfonamides is 1. The molecule has 37 heavy (non-hydrogen) atoms. The van der Waals surface area contributed by atoms with Crippen LogP contribution in [0.3, 0.4) is 0 Å². The quantitative estimate of drug-likeness (QED) is 0.307. The predicted octanol–water partition coefficient (Wildman–Crippen LogP) is 4.83. The summed E-state index contributed by atoms with van der Waals surface area (Å²) in [5, 5.41) is 13.9. The number of nitrogens with one attached hydrogen (secondary N) is 1. The van der Waals surface area contributed by atoms with E-state index in [-0.39, 0.29) is 21.3 Å². The first kappa shape index (κ1) is 24.9. The second-order valence-corrected chi connectivity index (χ2v) is 11.0. The van der Waals surface area contributed by atoms with Gasteiger partial charge in [0.1, 0.15) is 16.5 Å². The summed E-state index contributed by atoms with van der Waals surface area (Å²) in [4.78, 5) is 17.4. The first-order chi connectivity index (χ1) is 17.4. The number of hydrogen-bond acceptors (Lipinski definition) is 7. The minimum atomic E-state index is -4.14. The highest BCUT2D eigenvalue weighted by Crippen LogP contribution is 2.34. The second kappa shape index (κ2) is 8.98. The Kier molecular flexibility index (Phi) is 6.06. The Hall–Kier alpha value is -3.73. The molecule has 1 atom stereocenters. The first-order valence-electron chi connectivity index (χ1n) is 11.4. The zero-order chi connectivity index (χ0) is 26.6. The average Bonchev–Trinajstić information content (AvgIpc) is 3.20. The average molecular weight is 538 g/mol. The number of fused-ring (bicyclic) bond motifs is 2. The first-order valence-corrected chi connectivity index (χ1v) is 13.3. The summed E-state index contributed by atoms with van der Waals surface area (Å²) in [6, 6.07) is 11.9. The van der Waals surface area contributed by atoms with Crippen LogP contribution in [-0.4, -0.2) is 23.2 Å². The zero-order valence-electron chi connectivity index (χ0n) is 20.5. The Balaban J connectivity index is 1.68. The van der Waals surface area contributed by atoms with Crippen LogP contribution in [0.1, 0.15) is 29.7 Å². The van der Waals surface area contributed by atoms with Gasteiger partial charge in [0.05, 0.1) is 22.6 Å². The third-order valence-corrected chi connectivity index (χ3v) is 7.27. The molecule has 0 aliphatic heterocycles. The van der Waals surface area contributed by atoms with Gasteiger partial charge in [0.2, 0.25) is 0 Å². The maximum absolute atomic E-state index is 13.5. The van der Waals surface area contributed by atoms with E-state index in [1.807, 2.05) is 51.4 Å². The third-order valence-electron chi connectivity index (χ3n) is 6.21. The molecule has 0 saturated carbocycles. The van der Waals surface area contributed by atoms with E-state index in [4.69, 9.17) is 21.2 Å². The predicted molar refractivity (Wildman–Crippen MR) is 144 cm³/mol.